The van der Waals surface area contributed by atoms with Gasteiger partial charge in [0.15, 0.2) is 0 Å². The molecule has 0 radical (unpaired) electrons. The maximum atomic E-state index is 12.2. The predicted molar refractivity (Wildman–Crippen MR) is 138 cm³/mol. The van der Waals surface area contributed by atoms with Crippen LogP contribution in [0.5, 0.6) is 5.75 Å². The van der Waals surface area contributed by atoms with Gasteiger partial charge in [0.2, 0.25) is 0 Å². The van der Waals surface area contributed by atoms with Crippen LogP contribution in [0.15, 0.2) is 72.8 Å². The highest BCUT2D eigenvalue weighted by atomic mass is 16.6. The lowest BCUT2D eigenvalue weighted by Gasteiger charge is -2.14. The van der Waals surface area contributed by atoms with Crippen LogP contribution in [-0.4, -0.2) is 57.2 Å². The van der Waals surface area contributed by atoms with Crippen molar-refractivity contribution < 1.29 is 28.7 Å². The third kappa shape index (κ3) is 7.28. The van der Waals surface area contributed by atoms with Crippen LogP contribution in [0.1, 0.15) is 23.5 Å². The van der Waals surface area contributed by atoms with Crippen LogP contribution in [0.4, 0.5) is 10.5 Å². The number of hydrogen-bond donors (Lipinski definition) is 1. The summed E-state index contributed by atoms with van der Waals surface area (Å²) in [5.41, 5.74) is 4.79. The summed E-state index contributed by atoms with van der Waals surface area (Å²) in [6, 6.07) is 22.4. The molecule has 194 valence electrons. The van der Waals surface area contributed by atoms with Crippen LogP contribution in [0, 0.1) is 10.1 Å². The van der Waals surface area contributed by atoms with Crippen molar-refractivity contribution >= 4 is 11.8 Å². The largest absolute Gasteiger partial charge is 0.491 e. The molecular weight excluding hydrogens is 476 g/mol. The quantitative estimate of drug-likeness (QED) is 0.187. The third-order valence-corrected chi connectivity index (χ3v) is 5.99. The zero-order valence-corrected chi connectivity index (χ0v) is 20.5. The molecule has 0 fully saturated rings. The number of non-ortho nitro benzene ring substituents is 1. The molecule has 0 aliphatic heterocycles. The van der Waals surface area contributed by atoms with E-state index in [1.54, 1.807) is 12.1 Å². The van der Waals surface area contributed by atoms with Gasteiger partial charge >= 0.3 is 6.09 Å². The first-order chi connectivity index (χ1) is 18.1. The summed E-state index contributed by atoms with van der Waals surface area (Å²) in [4.78, 5) is 22.4. The Bertz CT molecular complexity index is 1140. The zero-order chi connectivity index (χ0) is 25.9. The van der Waals surface area contributed by atoms with E-state index in [1.165, 1.54) is 34.4 Å². The van der Waals surface area contributed by atoms with Gasteiger partial charge in [-0.25, -0.2) is 4.79 Å². The van der Waals surface area contributed by atoms with Crippen LogP contribution in [-0.2, 0) is 14.2 Å². The first-order valence-electron chi connectivity index (χ1n) is 12.2. The van der Waals surface area contributed by atoms with Crippen LogP contribution in [0.2, 0.25) is 0 Å². The van der Waals surface area contributed by atoms with Gasteiger partial charge in [-0.15, -0.1) is 0 Å². The molecule has 0 heterocycles. The Balaban J connectivity index is 1.01. The van der Waals surface area contributed by atoms with Crippen LogP contribution in [0.3, 0.4) is 0 Å². The molecule has 1 N–H and O–H groups in total. The first kappa shape index (κ1) is 26.1. The number of fused-ring (bicyclic) bond motifs is 3. The van der Waals surface area contributed by atoms with Gasteiger partial charge in [-0.1, -0.05) is 48.5 Å². The van der Waals surface area contributed by atoms with E-state index in [9.17, 15) is 14.9 Å². The molecule has 0 atom stereocenters. The first-order valence-corrected chi connectivity index (χ1v) is 12.2. The molecule has 3 aromatic carbocycles. The van der Waals surface area contributed by atoms with Crippen LogP contribution in [0.25, 0.3) is 11.1 Å². The number of nitrogens with one attached hydrogen (secondary N) is 1. The van der Waals surface area contributed by atoms with Crippen molar-refractivity contribution in [2.75, 3.05) is 46.2 Å². The number of amides is 1. The highest BCUT2D eigenvalue weighted by Crippen LogP contribution is 2.44. The zero-order valence-electron chi connectivity index (χ0n) is 20.5. The number of nitro groups is 1. The van der Waals surface area contributed by atoms with Gasteiger partial charge in [-0.3, -0.25) is 10.1 Å². The SMILES string of the molecule is O=C(NCCCOCCOCCOc1ccc([N+](=O)[O-])cc1)OCC1c2ccccc2-c2ccccc21. The average Bonchev–Trinajstić information content (AvgIpc) is 3.24. The number of nitro benzene ring substituents is 1. The number of hydrogen-bond acceptors (Lipinski definition) is 7. The minimum absolute atomic E-state index is 0.0224. The van der Waals surface area contributed by atoms with Gasteiger partial charge in [-0.05, 0) is 40.8 Å². The fraction of sp³-hybridized carbons (Fsp3) is 0.321. The minimum atomic E-state index is -0.454. The number of nitrogens with zero attached hydrogens (tertiary/aromatic N) is 1. The summed E-state index contributed by atoms with van der Waals surface area (Å²) in [5.74, 6) is 0.593. The fourth-order valence-corrected chi connectivity index (χ4v) is 4.22. The molecule has 0 aromatic heterocycles. The standard InChI is InChI=1S/C28H30N2O7/c31-28(37-20-27-25-8-3-1-6-23(25)24-7-2-4-9-26(24)27)29-14-5-15-34-16-17-35-18-19-36-22-12-10-21(11-13-22)30(32)33/h1-4,6-13,27H,5,14-20H2,(H,29,31). The fourth-order valence-electron chi connectivity index (χ4n) is 4.22. The molecule has 0 saturated carbocycles. The molecular formula is C28H30N2O7. The number of benzene rings is 3. The van der Waals surface area contributed by atoms with Crippen molar-refractivity contribution in [2.45, 2.75) is 12.3 Å². The summed E-state index contributed by atoms with van der Waals surface area (Å²) < 4.78 is 21.9. The van der Waals surface area contributed by atoms with E-state index >= 15 is 0 Å². The van der Waals surface area contributed by atoms with E-state index in [4.69, 9.17) is 18.9 Å². The van der Waals surface area contributed by atoms with E-state index in [2.05, 4.69) is 29.6 Å². The van der Waals surface area contributed by atoms with Gasteiger partial charge in [0, 0.05) is 31.2 Å². The number of carbonyl (C=O) groups excluding carboxylic acids is 1. The maximum absolute atomic E-state index is 12.2. The minimum Gasteiger partial charge on any atom is -0.491 e. The molecule has 1 aliphatic rings. The molecule has 9 heteroatoms. The topological polar surface area (TPSA) is 109 Å². The van der Waals surface area contributed by atoms with E-state index in [1.807, 2.05) is 24.3 Å². The maximum Gasteiger partial charge on any atom is 0.407 e. The monoisotopic (exact) mass is 506 g/mol. The molecule has 0 spiro atoms. The molecule has 37 heavy (non-hydrogen) atoms. The van der Waals surface area contributed by atoms with E-state index < -0.39 is 11.0 Å². The van der Waals surface area contributed by atoms with Crippen molar-refractivity contribution in [2.24, 2.45) is 0 Å². The van der Waals surface area contributed by atoms with Crippen molar-refractivity contribution in [3.05, 3.63) is 94.0 Å². The molecule has 0 unspecified atom stereocenters. The average molecular weight is 507 g/mol. The molecule has 0 bridgehead atoms. The van der Waals surface area contributed by atoms with Crippen LogP contribution < -0.4 is 10.1 Å². The Morgan fingerprint density at radius 1 is 0.811 bits per heavy atom. The molecule has 9 nitrogen and oxygen atoms in total. The second-order valence-corrected chi connectivity index (χ2v) is 8.43. The van der Waals surface area contributed by atoms with Gasteiger partial charge in [0.1, 0.15) is 19.0 Å². The normalized spacial score (nSPS) is 12.0. The number of carbonyl (C=O) groups is 1. The smallest absolute Gasteiger partial charge is 0.407 e. The lowest BCUT2D eigenvalue weighted by Crippen LogP contribution is -2.27. The summed E-state index contributed by atoms with van der Waals surface area (Å²) in [5, 5.41) is 13.4. The van der Waals surface area contributed by atoms with Gasteiger partial charge in [0.05, 0.1) is 24.7 Å². The molecule has 1 amide bonds. The molecule has 1 aliphatic carbocycles. The lowest BCUT2D eigenvalue weighted by atomic mass is 9.98. The van der Waals surface area contributed by atoms with Crippen molar-refractivity contribution in [3.63, 3.8) is 0 Å². The van der Waals surface area contributed by atoms with E-state index in [-0.39, 0.29) is 11.6 Å². The summed E-state index contributed by atoms with van der Waals surface area (Å²) >= 11 is 0. The Labute approximate surface area is 215 Å². The predicted octanol–water partition coefficient (Wildman–Crippen LogP) is 4.94. The Hall–Kier alpha value is -3.95. The molecule has 0 saturated heterocycles. The van der Waals surface area contributed by atoms with Crippen LogP contribution >= 0.6 is 0 Å². The van der Waals surface area contributed by atoms with Gasteiger partial charge in [0.25, 0.3) is 5.69 Å². The summed E-state index contributed by atoms with van der Waals surface area (Å²) in [6.07, 6.45) is 0.228. The van der Waals surface area contributed by atoms with E-state index in [0.29, 0.717) is 58.4 Å². The molecule has 4 rings (SSSR count). The highest BCUT2D eigenvalue weighted by Gasteiger charge is 2.28. The van der Waals surface area contributed by atoms with Crippen molar-refractivity contribution in [3.8, 4) is 16.9 Å². The highest BCUT2D eigenvalue weighted by molar-refractivity contribution is 5.79. The second-order valence-electron chi connectivity index (χ2n) is 8.43. The van der Waals surface area contributed by atoms with Gasteiger partial charge < -0.3 is 24.3 Å². The lowest BCUT2D eigenvalue weighted by molar-refractivity contribution is -0.384. The second kappa shape index (κ2) is 13.4. The van der Waals surface area contributed by atoms with Crippen molar-refractivity contribution in [1.82, 2.24) is 5.32 Å². The molecule has 3 aromatic rings. The third-order valence-electron chi connectivity index (χ3n) is 5.99. The number of ether oxygens (including phenoxy) is 4. The van der Waals surface area contributed by atoms with E-state index in [0.717, 1.165) is 0 Å². The Kier molecular flexibility index (Phi) is 9.45. The Morgan fingerprint density at radius 3 is 2.05 bits per heavy atom. The van der Waals surface area contributed by atoms with Crippen molar-refractivity contribution in [1.29, 1.82) is 0 Å². The number of rotatable bonds is 14. The summed E-state index contributed by atoms with van der Waals surface area (Å²) in [7, 11) is 0. The van der Waals surface area contributed by atoms with Gasteiger partial charge in [-0.2, -0.15) is 0 Å². The Morgan fingerprint density at radius 2 is 1.41 bits per heavy atom. The number of alkyl carbamates (subject to hydrolysis) is 1. The summed E-state index contributed by atoms with van der Waals surface area (Å²) in [6.45, 7) is 2.81.